The van der Waals surface area contributed by atoms with Crippen LogP contribution in [0.2, 0.25) is 0 Å². The molecule has 1 saturated heterocycles. The molecule has 1 aliphatic rings. The molecule has 1 N–H and O–H groups in total. The lowest BCUT2D eigenvalue weighted by Gasteiger charge is -2.19. The van der Waals surface area contributed by atoms with E-state index in [1.807, 2.05) is 19.9 Å². The Morgan fingerprint density at radius 2 is 2.04 bits per heavy atom. The number of rotatable bonds is 6. The molecule has 0 radical (unpaired) electrons. The first-order chi connectivity index (χ1) is 11.4. The van der Waals surface area contributed by atoms with Gasteiger partial charge in [-0.1, -0.05) is 12.1 Å². The Bertz CT molecular complexity index is 629. The molecular weight excluding hydrogens is 312 g/mol. The lowest BCUT2D eigenvalue weighted by atomic mass is 10.1. The van der Waals surface area contributed by atoms with Gasteiger partial charge in [-0.15, -0.1) is 0 Å². The van der Waals surface area contributed by atoms with Gasteiger partial charge in [0, 0.05) is 19.0 Å². The highest BCUT2D eigenvalue weighted by Gasteiger charge is 2.37. The minimum atomic E-state index is -0.589. The topological polar surface area (TPSA) is 84.9 Å². The summed E-state index contributed by atoms with van der Waals surface area (Å²) in [5.41, 5.74) is 0.623. The second-order valence-corrected chi connectivity index (χ2v) is 5.91. The van der Waals surface area contributed by atoms with Gasteiger partial charge in [0.2, 0.25) is 5.91 Å². The number of hydrogen-bond donors (Lipinski definition) is 1. The Labute approximate surface area is 140 Å². The van der Waals surface area contributed by atoms with Crippen molar-refractivity contribution in [3.05, 3.63) is 24.3 Å². The average Bonchev–Trinajstić information content (AvgIpc) is 2.93. The molecule has 0 spiro atoms. The van der Waals surface area contributed by atoms with Crippen molar-refractivity contribution in [3.8, 4) is 5.75 Å². The number of para-hydroxylation sites is 2. The van der Waals surface area contributed by atoms with Gasteiger partial charge < -0.3 is 19.7 Å². The van der Waals surface area contributed by atoms with Crippen molar-refractivity contribution in [1.82, 2.24) is 5.32 Å². The summed E-state index contributed by atoms with van der Waals surface area (Å²) in [4.78, 5) is 37.4. The second kappa shape index (κ2) is 7.81. The highest BCUT2D eigenvalue weighted by Crippen LogP contribution is 2.32. The van der Waals surface area contributed by atoms with Crippen LogP contribution < -0.4 is 15.0 Å². The van der Waals surface area contributed by atoms with Crippen LogP contribution in [-0.4, -0.2) is 44.1 Å². The molecule has 130 valence electrons. The van der Waals surface area contributed by atoms with E-state index in [2.05, 4.69) is 5.32 Å². The number of hydrogen-bond acceptors (Lipinski definition) is 5. The molecule has 0 saturated carbocycles. The molecule has 2 rings (SSSR count). The second-order valence-electron chi connectivity index (χ2n) is 5.91. The standard InChI is InChI=1S/C17H22N2O5/c1-11(2)18-15(20)10-24-17(22)12-8-16(21)19(9-12)13-6-4-5-7-14(13)23-3/h4-7,11-12H,8-10H2,1-3H3,(H,18,20)/t12-/m1/s1. The fraction of sp³-hybridized carbons (Fsp3) is 0.471. The number of ether oxygens (including phenoxy) is 2. The Balaban J connectivity index is 1.96. The van der Waals surface area contributed by atoms with Gasteiger partial charge in [-0.3, -0.25) is 14.4 Å². The maximum atomic E-state index is 12.2. The zero-order valence-electron chi connectivity index (χ0n) is 14.1. The zero-order valence-corrected chi connectivity index (χ0v) is 14.1. The van der Waals surface area contributed by atoms with E-state index in [9.17, 15) is 14.4 Å². The van der Waals surface area contributed by atoms with Crippen LogP contribution in [0.5, 0.6) is 5.75 Å². The number of esters is 1. The van der Waals surface area contributed by atoms with E-state index in [1.54, 1.807) is 18.2 Å². The highest BCUT2D eigenvalue weighted by atomic mass is 16.5. The molecule has 1 fully saturated rings. The number of nitrogens with one attached hydrogen (secondary N) is 1. The van der Waals surface area contributed by atoms with Gasteiger partial charge in [-0.25, -0.2) is 0 Å². The van der Waals surface area contributed by atoms with Gasteiger partial charge in [-0.2, -0.15) is 0 Å². The number of carbonyl (C=O) groups is 3. The largest absolute Gasteiger partial charge is 0.495 e. The van der Waals surface area contributed by atoms with Crippen LogP contribution >= 0.6 is 0 Å². The Morgan fingerprint density at radius 1 is 1.33 bits per heavy atom. The Morgan fingerprint density at radius 3 is 2.71 bits per heavy atom. The molecule has 0 unspecified atom stereocenters. The summed E-state index contributed by atoms with van der Waals surface area (Å²) in [6.45, 7) is 3.52. The first-order valence-corrected chi connectivity index (χ1v) is 7.81. The maximum Gasteiger partial charge on any atom is 0.311 e. The zero-order chi connectivity index (χ0) is 17.7. The molecule has 24 heavy (non-hydrogen) atoms. The van der Waals surface area contributed by atoms with Crippen molar-refractivity contribution in [1.29, 1.82) is 0 Å². The molecule has 1 aromatic carbocycles. The summed E-state index contributed by atoms with van der Waals surface area (Å²) >= 11 is 0. The monoisotopic (exact) mass is 334 g/mol. The van der Waals surface area contributed by atoms with Gasteiger partial charge in [0.1, 0.15) is 5.75 Å². The first-order valence-electron chi connectivity index (χ1n) is 7.81. The number of amides is 2. The lowest BCUT2D eigenvalue weighted by Crippen LogP contribution is -2.35. The van der Waals surface area contributed by atoms with Crippen molar-refractivity contribution in [3.63, 3.8) is 0 Å². The minimum Gasteiger partial charge on any atom is -0.495 e. The Kier molecular flexibility index (Phi) is 5.78. The normalized spacial score (nSPS) is 17.1. The van der Waals surface area contributed by atoms with Crippen molar-refractivity contribution < 1.29 is 23.9 Å². The SMILES string of the molecule is COc1ccccc1N1C[C@H](C(=O)OCC(=O)NC(C)C)CC1=O. The lowest BCUT2D eigenvalue weighted by molar-refractivity contribution is -0.152. The fourth-order valence-corrected chi connectivity index (χ4v) is 2.57. The predicted octanol–water partition coefficient (Wildman–Crippen LogP) is 1.12. The molecule has 0 aromatic heterocycles. The van der Waals surface area contributed by atoms with Gasteiger partial charge >= 0.3 is 5.97 Å². The van der Waals surface area contributed by atoms with Crippen molar-refractivity contribution in [2.45, 2.75) is 26.3 Å². The highest BCUT2D eigenvalue weighted by molar-refractivity contribution is 6.00. The number of anilines is 1. The third-order valence-corrected chi connectivity index (χ3v) is 3.63. The van der Waals surface area contributed by atoms with Crippen molar-refractivity contribution in [2.75, 3.05) is 25.2 Å². The minimum absolute atomic E-state index is 0.0229. The van der Waals surface area contributed by atoms with E-state index >= 15 is 0 Å². The average molecular weight is 334 g/mol. The molecule has 1 atom stereocenters. The summed E-state index contributed by atoms with van der Waals surface area (Å²) in [6.07, 6.45) is 0.0582. The molecule has 7 nitrogen and oxygen atoms in total. The fourth-order valence-electron chi connectivity index (χ4n) is 2.57. The Hall–Kier alpha value is -2.57. The molecule has 1 aliphatic heterocycles. The van der Waals surface area contributed by atoms with E-state index in [4.69, 9.17) is 9.47 Å². The molecule has 1 aromatic rings. The maximum absolute atomic E-state index is 12.2. The van der Waals surface area contributed by atoms with E-state index in [0.717, 1.165) is 0 Å². The van der Waals surface area contributed by atoms with Crippen LogP contribution in [0, 0.1) is 5.92 Å². The number of benzene rings is 1. The van der Waals surface area contributed by atoms with Crippen LogP contribution in [0.4, 0.5) is 5.69 Å². The van der Waals surface area contributed by atoms with Crippen LogP contribution in [0.1, 0.15) is 20.3 Å². The van der Waals surface area contributed by atoms with Crippen molar-refractivity contribution in [2.24, 2.45) is 5.92 Å². The van der Waals surface area contributed by atoms with Crippen molar-refractivity contribution >= 4 is 23.5 Å². The summed E-state index contributed by atoms with van der Waals surface area (Å²) in [5, 5.41) is 2.64. The summed E-state index contributed by atoms with van der Waals surface area (Å²) in [6, 6.07) is 7.10. The number of carbonyl (C=O) groups excluding carboxylic acids is 3. The smallest absolute Gasteiger partial charge is 0.311 e. The number of nitrogens with zero attached hydrogens (tertiary/aromatic N) is 1. The molecule has 7 heteroatoms. The third-order valence-electron chi connectivity index (χ3n) is 3.63. The first kappa shape index (κ1) is 17.8. The molecule has 1 heterocycles. The third kappa shape index (κ3) is 4.24. The molecular formula is C17H22N2O5. The van der Waals surface area contributed by atoms with Crippen LogP contribution in [-0.2, 0) is 19.1 Å². The number of methoxy groups -OCH3 is 1. The van der Waals surface area contributed by atoms with E-state index in [1.165, 1.54) is 12.0 Å². The van der Waals surface area contributed by atoms with Gasteiger partial charge in [-0.05, 0) is 26.0 Å². The predicted molar refractivity (Wildman–Crippen MR) is 87.7 cm³/mol. The van der Waals surface area contributed by atoms with Gasteiger partial charge in [0.15, 0.2) is 6.61 Å². The van der Waals surface area contributed by atoms with E-state index in [0.29, 0.717) is 11.4 Å². The van der Waals surface area contributed by atoms with E-state index < -0.39 is 11.9 Å². The quantitative estimate of drug-likeness (QED) is 0.788. The van der Waals surface area contributed by atoms with Crippen LogP contribution in [0.3, 0.4) is 0 Å². The van der Waals surface area contributed by atoms with Gasteiger partial charge in [0.05, 0.1) is 18.7 Å². The summed E-state index contributed by atoms with van der Waals surface area (Å²) in [5.74, 6) is -1.09. The summed E-state index contributed by atoms with van der Waals surface area (Å²) in [7, 11) is 1.53. The van der Waals surface area contributed by atoms with Crippen LogP contribution in [0.15, 0.2) is 24.3 Å². The molecule has 0 bridgehead atoms. The molecule has 2 amide bonds. The van der Waals surface area contributed by atoms with Gasteiger partial charge in [0.25, 0.3) is 5.91 Å². The van der Waals surface area contributed by atoms with E-state index in [-0.39, 0.29) is 37.4 Å². The summed E-state index contributed by atoms with van der Waals surface area (Å²) < 4.78 is 10.3. The molecule has 0 aliphatic carbocycles. The van der Waals surface area contributed by atoms with Crippen LogP contribution in [0.25, 0.3) is 0 Å².